The van der Waals surface area contributed by atoms with Crippen molar-refractivity contribution in [1.29, 1.82) is 0 Å². The van der Waals surface area contributed by atoms with Crippen molar-refractivity contribution in [2.24, 2.45) is 0 Å². The standard InChI is InChI=1S/C29H30N4O4S2/c1-37-24-14-12-23(13-15-24)32-18-20-33(21-19-32)29-30-28(22-8-4-2-5-9-22)26(38-29)16-17-27(34)31-39(35,36)25-10-6-3-7-11-25/h2-15H,16-21H2,1H3,(H,31,34). The van der Waals surface area contributed by atoms with Crippen molar-refractivity contribution >= 4 is 38.1 Å². The van der Waals surface area contributed by atoms with Crippen molar-refractivity contribution in [1.82, 2.24) is 9.71 Å². The molecule has 0 spiro atoms. The van der Waals surface area contributed by atoms with Gasteiger partial charge in [0.05, 0.1) is 17.7 Å². The molecule has 1 aliphatic heterocycles. The van der Waals surface area contributed by atoms with Crippen molar-refractivity contribution in [2.45, 2.75) is 17.7 Å². The van der Waals surface area contributed by atoms with Crippen LogP contribution in [0, 0.1) is 0 Å². The SMILES string of the molecule is COc1ccc(N2CCN(c3nc(-c4ccccc4)c(CCC(=O)NS(=O)(=O)c4ccccc4)s3)CC2)cc1. The molecule has 5 rings (SSSR count). The molecule has 1 N–H and O–H groups in total. The molecule has 1 aliphatic rings. The number of aryl methyl sites for hydroxylation is 1. The van der Waals surface area contributed by atoms with E-state index in [1.165, 1.54) is 12.1 Å². The zero-order chi connectivity index (χ0) is 27.2. The van der Waals surface area contributed by atoms with E-state index in [1.807, 2.05) is 42.5 Å². The zero-order valence-electron chi connectivity index (χ0n) is 21.6. The van der Waals surface area contributed by atoms with Crippen LogP contribution < -0.4 is 19.3 Å². The number of amides is 1. The molecule has 0 atom stereocenters. The monoisotopic (exact) mass is 562 g/mol. The summed E-state index contributed by atoms with van der Waals surface area (Å²) in [6.07, 6.45) is 0.433. The number of carbonyl (C=O) groups is 1. The third-order valence-electron chi connectivity index (χ3n) is 6.60. The molecule has 8 nitrogen and oxygen atoms in total. The van der Waals surface area contributed by atoms with Gasteiger partial charge in [-0.2, -0.15) is 0 Å². The van der Waals surface area contributed by atoms with Crippen LogP contribution in [0.25, 0.3) is 11.3 Å². The van der Waals surface area contributed by atoms with Crippen LogP contribution >= 0.6 is 11.3 Å². The second kappa shape index (κ2) is 11.9. The van der Waals surface area contributed by atoms with Gasteiger partial charge in [0.2, 0.25) is 5.91 Å². The lowest BCUT2D eigenvalue weighted by molar-refractivity contribution is -0.119. The van der Waals surface area contributed by atoms with Crippen LogP contribution in [0.2, 0.25) is 0 Å². The highest BCUT2D eigenvalue weighted by atomic mass is 32.2. The van der Waals surface area contributed by atoms with Gasteiger partial charge in [-0.05, 0) is 42.8 Å². The molecule has 10 heteroatoms. The number of hydrogen-bond donors (Lipinski definition) is 1. The summed E-state index contributed by atoms with van der Waals surface area (Å²) in [7, 11) is -2.24. The van der Waals surface area contributed by atoms with Gasteiger partial charge in [-0.3, -0.25) is 4.79 Å². The molecule has 3 aromatic carbocycles. The van der Waals surface area contributed by atoms with E-state index >= 15 is 0 Å². The van der Waals surface area contributed by atoms with E-state index in [-0.39, 0.29) is 11.3 Å². The highest BCUT2D eigenvalue weighted by Gasteiger charge is 2.23. The van der Waals surface area contributed by atoms with Crippen LogP contribution in [-0.4, -0.2) is 52.6 Å². The Morgan fingerprint density at radius 3 is 2.15 bits per heavy atom. The second-order valence-electron chi connectivity index (χ2n) is 9.15. The van der Waals surface area contributed by atoms with E-state index in [0.29, 0.717) is 6.42 Å². The predicted molar refractivity (Wildman–Crippen MR) is 155 cm³/mol. The summed E-state index contributed by atoms with van der Waals surface area (Å²) in [6.45, 7) is 3.37. The van der Waals surface area contributed by atoms with Crippen LogP contribution in [0.5, 0.6) is 5.75 Å². The Morgan fingerprint density at radius 1 is 0.897 bits per heavy atom. The summed E-state index contributed by atoms with van der Waals surface area (Å²) in [5, 5.41) is 0.913. The molecule has 1 fully saturated rings. The zero-order valence-corrected chi connectivity index (χ0v) is 23.2. The molecule has 1 amide bonds. The number of piperazine rings is 1. The molecule has 0 aliphatic carbocycles. The number of benzene rings is 3. The molecule has 2 heterocycles. The van der Waals surface area contributed by atoms with Gasteiger partial charge in [0.25, 0.3) is 10.0 Å². The number of aromatic nitrogens is 1. The van der Waals surface area contributed by atoms with Gasteiger partial charge in [-0.15, -0.1) is 11.3 Å². The van der Waals surface area contributed by atoms with Crippen molar-refractivity contribution < 1.29 is 17.9 Å². The van der Waals surface area contributed by atoms with E-state index < -0.39 is 15.9 Å². The van der Waals surface area contributed by atoms with Crippen LogP contribution in [-0.2, 0) is 21.2 Å². The molecule has 4 aromatic rings. The van der Waals surface area contributed by atoms with E-state index in [2.05, 4.69) is 26.7 Å². The lowest BCUT2D eigenvalue weighted by Gasteiger charge is -2.36. The minimum atomic E-state index is -3.90. The summed E-state index contributed by atoms with van der Waals surface area (Å²) in [4.78, 5) is 23.3. The molecule has 1 saturated heterocycles. The molecule has 202 valence electrons. The number of ether oxygens (including phenoxy) is 1. The smallest absolute Gasteiger partial charge is 0.264 e. The van der Waals surface area contributed by atoms with E-state index in [1.54, 1.807) is 36.6 Å². The van der Waals surface area contributed by atoms with Crippen LogP contribution in [0.15, 0.2) is 89.8 Å². The molecule has 0 radical (unpaired) electrons. The van der Waals surface area contributed by atoms with Crippen LogP contribution in [0.4, 0.5) is 10.8 Å². The second-order valence-corrected chi connectivity index (χ2v) is 11.9. The average Bonchev–Trinajstić information content (AvgIpc) is 3.41. The Kier molecular flexibility index (Phi) is 8.13. The largest absolute Gasteiger partial charge is 0.497 e. The average molecular weight is 563 g/mol. The lowest BCUT2D eigenvalue weighted by Crippen LogP contribution is -2.46. The van der Waals surface area contributed by atoms with Gasteiger partial charge < -0.3 is 14.5 Å². The first-order valence-electron chi connectivity index (χ1n) is 12.7. The molecular weight excluding hydrogens is 532 g/mol. The summed E-state index contributed by atoms with van der Waals surface area (Å²) in [6, 6.07) is 25.9. The van der Waals surface area contributed by atoms with Gasteiger partial charge in [0.1, 0.15) is 5.75 Å². The topological polar surface area (TPSA) is 91.8 Å². The Hall–Kier alpha value is -3.89. The first-order valence-corrected chi connectivity index (χ1v) is 15.0. The van der Waals surface area contributed by atoms with Crippen LogP contribution in [0.3, 0.4) is 0 Å². The maximum absolute atomic E-state index is 12.6. The fraction of sp³-hybridized carbons (Fsp3) is 0.241. The minimum Gasteiger partial charge on any atom is -0.497 e. The fourth-order valence-corrected chi connectivity index (χ4v) is 6.67. The normalized spacial score (nSPS) is 13.8. The molecule has 39 heavy (non-hydrogen) atoms. The number of rotatable bonds is 9. The number of hydrogen-bond acceptors (Lipinski definition) is 8. The molecule has 0 saturated carbocycles. The molecular formula is C29H30N4O4S2. The van der Waals surface area contributed by atoms with Crippen molar-refractivity contribution in [3.05, 3.63) is 89.8 Å². The number of anilines is 2. The van der Waals surface area contributed by atoms with E-state index in [0.717, 1.165) is 58.9 Å². The number of nitrogens with zero attached hydrogens (tertiary/aromatic N) is 3. The summed E-state index contributed by atoms with van der Waals surface area (Å²) in [5.41, 5.74) is 2.98. The number of carbonyl (C=O) groups excluding carboxylic acids is 1. The Labute approximate surface area is 232 Å². The van der Waals surface area contributed by atoms with E-state index in [4.69, 9.17) is 9.72 Å². The first-order chi connectivity index (χ1) is 18.9. The minimum absolute atomic E-state index is 0.0405. The number of nitrogens with one attached hydrogen (secondary N) is 1. The summed E-state index contributed by atoms with van der Waals surface area (Å²) >= 11 is 1.57. The Bertz CT molecular complexity index is 1500. The predicted octanol–water partition coefficient (Wildman–Crippen LogP) is 4.58. The number of methoxy groups -OCH3 is 1. The van der Waals surface area contributed by atoms with Crippen molar-refractivity contribution in [3.63, 3.8) is 0 Å². The quantitative estimate of drug-likeness (QED) is 0.319. The number of thiazole rings is 1. The third-order valence-corrected chi connectivity index (χ3v) is 9.17. The van der Waals surface area contributed by atoms with Gasteiger partial charge in [-0.25, -0.2) is 18.1 Å². The van der Waals surface area contributed by atoms with E-state index in [9.17, 15) is 13.2 Å². The van der Waals surface area contributed by atoms with Gasteiger partial charge in [0, 0.05) is 48.7 Å². The highest BCUT2D eigenvalue weighted by molar-refractivity contribution is 7.90. The van der Waals surface area contributed by atoms with Gasteiger partial charge in [0.15, 0.2) is 5.13 Å². The summed E-state index contributed by atoms with van der Waals surface area (Å²) < 4.78 is 32.6. The van der Waals surface area contributed by atoms with Gasteiger partial charge >= 0.3 is 0 Å². The van der Waals surface area contributed by atoms with Gasteiger partial charge in [-0.1, -0.05) is 48.5 Å². The third kappa shape index (κ3) is 6.40. The van der Waals surface area contributed by atoms with Crippen LogP contribution in [0.1, 0.15) is 11.3 Å². The first kappa shape index (κ1) is 26.7. The fourth-order valence-electron chi connectivity index (χ4n) is 4.50. The molecule has 0 unspecified atom stereocenters. The molecule has 1 aromatic heterocycles. The maximum atomic E-state index is 12.6. The number of sulfonamides is 1. The Balaban J connectivity index is 1.28. The molecule has 0 bridgehead atoms. The Morgan fingerprint density at radius 2 is 1.51 bits per heavy atom. The highest BCUT2D eigenvalue weighted by Crippen LogP contribution is 2.35. The lowest BCUT2D eigenvalue weighted by atomic mass is 10.1. The summed E-state index contributed by atoms with van der Waals surface area (Å²) in [5.74, 6) is 0.299. The van der Waals surface area contributed by atoms with Crippen molar-refractivity contribution in [3.8, 4) is 17.0 Å². The maximum Gasteiger partial charge on any atom is 0.264 e. The van der Waals surface area contributed by atoms with Crippen molar-refractivity contribution in [2.75, 3.05) is 43.1 Å².